The van der Waals surface area contributed by atoms with Gasteiger partial charge in [0.15, 0.2) is 0 Å². The Kier molecular flexibility index (Phi) is 3.96. The normalized spacial score (nSPS) is 12.4. The number of nitrogens with zero attached hydrogens (tertiary/aromatic N) is 4. The van der Waals surface area contributed by atoms with Crippen LogP contribution in [0.4, 0.5) is 0 Å². The van der Waals surface area contributed by atoms with Crippen LogP contribution in [0.3, 0.4) is 0 Å². The Morgan fingerprint density at radius 1 is 0.676 bits per heavy atom. The monoisotopic (exact) mass is 454 g/mol. The molecular weight excluding hydrogens is 432 g/mol. The largest absolute Gasteiger partial charge is 0.304 e. The third-order valence-electron chi connectivity index (χ3n) is 7.22. The molecule has 5 heteroatoms. The third kappa shape index (κ3) is 2.56. The van der Waals surface area contributed by atoms with E-state index in [1.165, 1.54) is 10.4 Å². The molecule has 3 aromatic heterocycles. The first-order chi connectivity index (χ1) is 16.6. The lowest BCUT2D eigenvalue weighted by molar-refractivity contribution is 1.14. The van der Waals surface area contributed by atoms with Crippen molar-refractivity contribution in [3.63, 3.8) is 0 Å². The fourth-order valence-corrected chi connectivity index (χ4v) is 7.72. The van der Waals surface area contributed by atoms with Gasteiger partial charge >= 0.3 is 0 Å². The van der Waals surface area contributed by atoms with E-state index in [2.05, 4.69) is 96.5 Å². The van der Waals surface area contributed by atoms with Crippen LogP contribution in [0.5, 0.6) is 0 Å². The van der Waals surface area contributed by atoms with Gasteiger partial charge in [-0.3, -0.25) is 4.98 Å². The fraction of sp³-hybridized carbons (Fsp3) is 0.0690. The van der Waals surface area contributed by atoms with Crippen molar-refractivity contribution in [2.75, 3.05) is 0 Å². The molecule has 7 rings (SSSR count). The van der Waals surface area contributed by atoms with Crippen LogP contribution in [0.25, 0.3) is 50.1 Å². The van der Waals surface area contributed by atoms with Crippen LogP contribution in [-0.2, 0) is 0 Å². The summed E-state index contributed by atoms with van der Waals surface area (Å²) < 4.78 is 2.33. The molecule has 4 heterocycles. The summed E-state index contributed by atoms with van der Waals surface area (Å²) in [5.74, 6) is 0. The molecule has 1 aliphatic rings. The zero-order valence-corrected chi connectivity index (χ0v) is 20.0. The number of rotatable bonds is 2. The van der Waals surface area contributed by atoms with Crippen molar-refractivity contribution in [1.29, 1.82) is 0 Å². The lowest BCUT2D eigenvalue weighted by Gasteiger charge is -2.24. The van der Waals surface area contributed by atoms with E-state index in [1.54, 1.807) is 6.33 Å². The van der Waals surface area contributed by atoms with Gasteiger partial charge in [-0.15, -0.1) is 0 Å². The van der Waals surface area contributed by atoms with E-state index in [-0.39, 0.29) is 0 Å². The highest BCUT2D eigenvalue weighted by Crippen LogP contribution is 2.43. The molecule has 0 saturated heterocycles. The summed E-state index contributed by atoms with van der Waals surface area (Å²) in [6.45, 7) is 4.84. The summed E-state index contributed by atoms with van der Waals surface area (Å²) in [6, 6.07) is 30.4. The minimum absolute atomic E-state index is 0.955. The molecular formula is C29H22N4Si. The number of hydrogen-bond donors (Lipinski definition) is 0. The number of benzene rings is 3. The van der Waals surface area contributed by atoms with Gasteiger partial charge in [0.25, 0.3) is 0 Å². The minimum atomic E-state index is -1.89. The van der Waals surface area contributed by atoms with Crippen molar-refractivity contribution >= 4 is 40.4 Å². The van der Waals surface area contributed by atoms with Crippen LogP contribution in [0, 0.1) is 0 Å². The van der Waals surface area contributed by atoms with Crippen molar-refractivity contribution in [1.82, 2.24) is 19.5 Å². The molecule has 1 aliphatic heterocycles. The molecule has 0 bridgehead atoms. The summed E-state index contributed by atoms with van der Waals surface area (Å²) in [7, 11) is -1.89. The molecule has 0 atom stereocenters. The highest BCUT2D eigenvalue weighted by molar-refractivity contribution is 7.00. The maximum Gasteiger partial charge on any atom is 0.116 e. The van der Waals surface area contributed by atoms with E-state index in [0.29, 0.717) is 0 Å². The number of aromatic nitrogens is 4. The van der Waals surface area contributed by atoms with Gasteiger partial charge in [-0.1, -0.05) is 90.2 Å². The van der Waals surface area contributed by atoms with Gasteiger partial charge < -0.3 is 4.57 Å². The van der Waals surface area contributed by atoms with Crippen LogP contribution in [0.2, 0.25) is 13.1 Å². The van der Waals surface area contributed by atoms with Gasteiger partial charge in [-0.2, -0.15) is 0 Å². The zero-order chi connectivity index (χ0) is 22.9. The van der Waals surface area contributed by atoms with Gasteiger partial charge in [0.1, 0.15) is 19.9 Å². The molecule has 0 N–H and O–H groups in total. The molecule has 0 aliphatic carbocycles. The zero-order valence-electron chi connectivity index (χ0n) is 19.0. The van der Waals surface area contributed by atoms with Crippen molar-refractivity contribution in [3.8, 4) is 28.2 Å². The molecule has 0 saturated carbocycles. The third-order valence-corrected chi connectivity index (χ3v) is 10.8. The van der Waals surface area contributed by atoms with E-state index < -0.39 is 8.07 Å². The predicted octanol–water partition coefficient (Wildman–Crippen LogP) is 5.44. The van der Waals surface area contributed by atoms with E-state index in [0.717, 1.165) is 50.1 Å². The molecule has 162 valence electrons. The molecule has 0 amide bonds. The maximum atomic E-state index is 4.84. The summed E-state index contributed by atoms with van der Waals surface area (Å²) >= 11 is 0. The topological polar surface area (TPSA) is 43.6 Å². The molecule has 34 heavy (non-hydrogen) atoms. The van der Waals surface area contributed by atoms with Crippen LogP contribution in [0.15, 0.2) is 97.5 Å². The van der Waals surface area contributed by atoms with E-state index in [4.69, 9.17) is 15.0 Å². The van der Waals surface area contributed by atoms with Crippen LogP contribution in [0.1, 0.15) is 0 Å². The Bertz CT molecular complexity index is 1730. The molecule has 0 spiro atoms. The molecule has 0 radical (unpaired) electrons. The fourth-order valence-electron chi connectivity index (χ4n) is 5.36. The van der Waals surface area contributed by atoms with Gasteiger partial charge in [0.05, 0.1) is 28.1 Å². The number of pyridine rings is 1. The van der Waals surface area contributed by atoms with Crippen molar-refractivity contribution in [2.24, 2.45) is 0 Å². The summed E-state index contributed by atoms with van der Waals surface area (Å²) in [5.41, 5.74) is 8.38. The van der Waals surface area contributed by atoms with Crippen molar-refractivity contribution in [2.45, 2.75) is 13.1 Å². The first-order valence-electron chi connectivity index (χ1n) is 11.5. The van der Waals surface area contributed by atoms with Gasteiger partial charge in [-0.05, 0) is 18.2 Å². The highest BCUT2D eigenvalue weighted by atomic mass is 28.3. The first kappa shape index (κ1) is 19.4. The number of fused-ring (bicyclic) bond motifs is 8. The van der Waals surface area contributed by atoms with Crippen LogP contribution >= 0.6 is 0 Å². The molecule has 3 aromatic carbocycles. The Morgan fingerprint density at radius 2 is 1.44 bits per heavy atom. The average molecular weight is 455 g/mol. The second-order valence-electron chi connectivity index (χ2n) is 9.39. The van der Waals surface area contributed by atoms with Crippen molar-refractivity contribution in [3.05, 3.63) is 97.5 Å². The van der Waals surface area contributed by atoms with Gasteiger partial charge in [-0.25, -0.2) is 9.97 Å². The van der Waals surface area contributed by atoms with Gasteiger partial charge in [0.2, 0.25) is 0 Å². The predicted molar refractivity (Wildman–Crippen MR) is 142 cm³/mol. The Morgan fingerprint density at radius 3 is 2.26 bits per heavy atom. The molecule has 6 aromatic rings. The smallest absolute Gasteiger partial charge is 0.116 e. The second kappa shape index (κ2) is 6.95. The molecule has 0 unspecified atom stereocenters. The first-order valence-corrected chi connectivity index (χ1v) is 14.5. The van der Waals surface area contributed by atoms with Crippen LogP contribution < -0.4 is 10.4 Å². The van der Waals surface area contributed by atoms with E-state index >= 15 is 0 Å². The second-order valence-corrected chi connectivity index (χ2v) is 13.8. The molecule has 0 fully saturated rings. The summed E-state index contributed by atoms with van der Waals surface area (Å²) in [6.07, 6.45) is 3.56. The summed E-state index contributed by atoms with van der Waals surface area (Å²) in [5, 5.41) is 3.97. The molecule has 4 nitrogen and oxygen atoms in total. The Balaban J connectivity index is 1.62. The lowest BCUT2D eigenvalue weighted by Crippen LogP contribution is -2.52. The maximum absolute atomic E-state index is 4.84. The SMILES string of the molecule is C[Si](C)(c1ccccc1)c1ccc2c3ncnc4c3n(c2c1)-c1cccnc1-c1ccccc1-4. The average Bonchev–Trinajstić information content (AvgIpc) is 3.16. The highest BCUT2D eigenvalue weighted by Gasteiger charge is 2.29. The standard InChI is InChI=1S/C29H22N4Si/c1-34(2,19-9-4-3-5-10-19)20-14-15-23-25(17-20)33-24-13-8-16-30-26(24)21-11-6-7-12-22(21)27-29(33)28(23)32-18-31-27/h3-18H,1-2H3. The minimum Gasteiger partial charge on any atom is -0.304 e. The number of hydrogen-bond acceptors (Lipinski definition) is 3. The van der Waals surface area contributed by atoms with Crippen LogP contribution in [-0.4, -0.2) is 27.6 Å². The van der Waals surface area contributed by atoms with Gasteiger partial charge in [0, 0.05) is 22.7 Å². The van der Waals surface area contributed by atoms with E-state index in [9.17, 15) is 0 Å². The van der Waals surface area contributed by atoms with Crippen molar-refractivity contribution < 1.29 is 0 Å². The summed E-state index contributed by atoms with van der Waals surface area (Å²) in [4.78, 5) is 14.4. The lowest BCUT2D eigenvalue weighted by atomic mass is 10.0. The quantitative estimate of drug-likeness (QED) is 0.327. The van der Waals surface area contributed by atoms with E-state index in [1.807, 2.05) is 12.3 Å². The Labute approximate surface area is 198 Å². The Hall–Kier alpha value is -4.09.